The smallest absolute Gasteiger partial charge is 0.192 e. The molecule has 0 aliphatic carbocycles. The van der Waals surface area contributed by atoms with Crippen LogP contribution in [0.3, 0.4) is 0 Å². The van der Waals surface area contributed by atoms with Crippen LogP contribution in [0.5, 0.6) is 0 Å². The number of alkyl halides is 3. The van der Waals surface area contributed by atoms with Crippen molar-refractivity contribution in [2.45, 2.75) is 6.18 Å². The quantitative estimate of drug-likeness (QED) is 0.630. The van der Waals surface area contributed by atoms with Gasteiger partial charge in [-0.15, -0.1) is 0 Å². The van der Waals surface area contributed by atoms with Gasteiger partial charge in [-0.3, -0.25) is 0 Å². The molecule has 0 fully saturated rings. The molecule has 0 saturated carbocycles. The Morgan fingerprint density at radius 2 is 1.75 bits per heavy atom. The van der Waals surface area contributed by atoms with Crippen LogP contribution in [0.2, 0.25) is 0 Å². The van der Waals surface area contributed by atoms with Gasteiger partial charge in [0.1, 0.15) is 6.07 Å². The second-order valence-corrected chi connectivity index (χ2v) is 2.73. The van der Waals surface area contributed by atoms with Crippen LogP contribution < -0.4 is 0 Å². The maximum atomic E-state index is 12.3. The van der Waals surface area contributed by atoms with E-state index in [2.05, 4.69) is 5.92 Å². The molecule has 5 heteroatoms. The number of hydrogen-bond donors (Lipinski definition) is 0. The molecule has 1 aromatic carbocycles. The largest absolute Gasteiger partial charge is 0.416 e. The Labute approximate surface area is 89.5 Å². The minimum absolute atomic E-state index is 0.108. The van der Waals surface area contributed by atoms with Crippen molar-refractivity contribution in [3.8, 4) is 24.0 Å². The molecule has 0 saturated heterocycles. The van der Waals surface area contributed by atoms with Gasteiger partial charge in [-0.1, -0.05) is 0 Å². The molecule has 0 amide bonds. The van der Waals surface area contributed by atoms with Crippen molar-refractivity contribution in [2.24, 2.45) is 0 Å². The topological polar surface area (TPSA) is 47.6 Å². The van der Waals surface area contributed by atoms with E-state index in [9.17, 15) is 13.2 Å². The maximum absolute atomic E-state index is 12.3. The fourth-order valence-corrected chi connectivity index (χ4v) is 1.02. The van der Waals surface area contributed by atoms with Crippen molar-refractivity contribution in [1.82, 2.24) is 0 Å². The van der Waals surface area contributed by atoms with E-state index >= 15 is 0 Å². The number of halogens is 3. The van der Waals surface area contributed by atoms with Gasteiger partial charge < -0.3 is 0 Å². The molecule has 0 heterocycles. The van der Waals surface area contributed by atoms with E-state index in [1.165, 1.54) is 6.07 Å². The Hall–Kier alpha value is -2.45. The van der Waals surface area contributed by atoms with E-state index in [1.807, 2.05) is 5.92 Å². The first kappa shape index (κ1) is 11.6. The molecule has 0 unspecified atom stereocenters. The molecule has 78 valence electrons. The summed E-state index contributed by atoms with van der Waals surface area (Å²) in [6.45, 7) is 0. The normalized spacial score (nSPS) is 9.56. The van der Waals surface area contributed by atoms with E-state index in [1.54, 1.807) is 6.07 Å². The van der Waals surface area contributed by atoms with Crippen LogP contribution >= 0.6 is 0 Å². The lowest BCUT2D eigenvalue weighted by Crippen LogP contribution is -2.05. The van der Waals surface area contributed by atoms with Crippen LogP contribution in [0.1, 0.15) is 16.7 Å². The molecular weight excluding hydrogens is 217 g/mol. The van der Waals surface area contributed by atoms with Gasteiger partial charge in [-0.05, 0) is 24.1 Å². The number of rotatable bonds is 0. The van der Waals surface area contributed by atoms with E-state index in [0.29, 0.717) is 6.07 Å². The van der Waals surface area contributed by atoms with Crippen molar-refractivity contribution >= 4 is 0 Å². The van der Waals surface area contributed by atoms with Gasteiger partial charge in [0.15, 0.2) is 6.07 Å². The van der Waals surface area contributed by atoms with Crippen LogP contribution in [0.15, 0.2) is 18.2 Å². The molecule has 0 spiro atoms. The fraction of sp³-hybridized carbons (Fsp3) is 0.0909. The molecule has 0 aromatic heterocycles. The summed E-state index contributed by atoms with van der Waals surface area (Å²) in [4.78, 5) is 0. The molecular formula is C11H3F3N2. The highest BCUT2D eigenvalue weighted by molar-refractivity contribution is 5.51. The molecule has 0 N–H and O–H groups in total. The van der Waals surface area contributed by atoms with Crippen LogP contribution in [0, 0.1) is 34.5 Å². The highest BCUT2D eigenvalue weighted by atomic mass is 19.4. The summed E-state index contributed by atoms with van der Waals surface area (Å²) < 4.78 is 36.9. The van der Waals surface area contributed by atoms with Crippen molar-refractivity contribution in [1.29, 1.82) is 10.5 Å². The third-order valence-corrected chi connectivity index (χ3v) is 1.72. The molecule has 0 aliphatic heterocycles. The van der Waals surface area contributed by atoms with E-state index < -0.39 is 11.7 Å². The van der Waals surface area contributed by atoms with Crippen molar-refractivity contribution in [3.05, 3.63) is 34.9 Å². The minimum atomic E-state index is -4.49. The molecule has 16 heavy (non-hydrogen) atoms. The lowest BCUT2D eigenvalue weighted by atomic mass is 10.0. The zero-order valence-corrected chi connectivity index (χ0v) is 7.76. The zero-order chi connectivity index (χ0) is 12.2. The van der Waals surface area contributed by atoms with E-state index in [0.717, 1.165) is 12.1 Å². The summed E-state index contributed by atoms with van der Waals surface area (Å²) in [7, 11) is 0. The summed E-state index contributed by atoms with van der Waals surface area (Å²) in [5, 5.41) is 16.8. The predicted molar refractivity (Wildman–Crippen MR) is 48.7 cm³/mol. The van der Waals surface area contributed by atoms with Gasteiger partial charge in [0.2, 0.25) is 0 Å². The van der Waals surface area contributed by atoms with Crippen molar-refractivity contribution in [3.63, 3.8) is 0 Å². The summed E-state index contributed by atoms with van der Waals surface area (Å²) >= 11 is 0. The first-order chi connectivity index (χ1) is 7.49. The first-order valence-corrected chi connectivity index (χ1v) is 4.00. The highest BCUT2D eigenvalue weighted by Gasteiger charge is 2.30. The van der Waals surface area contributed by atoms with Crippen LogP contribution in [0.4, 0.5) is 13.2 Å². The Kier molecular flexibility index (Phi) is 3.18. The molecule has 0 radical (unpaired) electrons. The van der Waals surface area contributed by atoms with Crippen LogP contribution in [-0.4, -0.2) is 0 Å². The Bertz CT molecular complexity index is 548. The number of benzene rings is 1. The zero-order valence-electron chi connectivity index (χ0n) is 7.76. The number of nitrogens with zero attached hydrogens (tertiary/aromatic N) is 2. The van der Waals surface area contributed by atoms with Crippen molar-refractivity contribution < 1.29 is 13.2 Å². The van der Waals surface area contributed by atoms with Crippen LogP contribution in [-0.2, 0) is 6.18 Å². The molecule has 1 aromatic rings. The van der Waals surface area contributed by atoms with Gasteiger partial charge in [0.25, 0.3) is 0 Å². The lowest BCUT2D eigenvalue weighted by molar-refractivity contribution is -0.137. The first-order valence-electron chi connectivity index (χ1n) is 4.00. The molecule has 1 rings (SSSR count). The third kappa shape index (κ3) is 2.53. The average Bonchev–Trinajstić information content (AvgIpc) is 2.24. The van der Waals surface area contributed by atoms with Gasteiger partial charge in [0, 0.05) is 11.5 Å². The summed E-state index contributed by atoms with van der Waals surface area (Å²) in [5.74, 6) is 4.31. The van der Waals surface area contributed by atoms with Gasteiger partial charge >= 0.3 is 6.18 Å². The third-order valence-electron chi connectivity index (χ3n) is 1.72. The standard InChI is InChI=1S/C11H3F3N2/c12-11(13,14)10-4-3-8(2-1-5-15)9(6-10)7-16/h3-4,6H. The molecule has 2 nitrogen and oxygen atoms in total. The highest BCUT2D eigenvalue weighted by Crippen LogP contribution is 2.30. The average molecular weight is 220 g/mol. The fourth-order valence-electron chi connectivity index (χ4n) is 1.02. The number of hydrogen-bond acceptors (Lipinski definition) is 2. The maximum Gasteiger partial charge on any atom is 0.416 e. The summed E-state index contributed by atoms with van der Waals surface area (Å²) in [5.41, 5.74) is -0.999. The van der Waals surface area contributed by atoms with E-state index in [4.69, 9.17) is 10.5 Å². The predicted octanol–water partition coefficient (Wildman–Crippen LogP) is 2.45. The van der Waals surface area contributed by atoms with Crippen LogP contribution in [0.25, 0.3) is 0 Å². The Morgan fingerprint density at radius 3 is 2.25 bits per heavy atom. The minimum Gasteiger partial charge on any atom is -0.192 e. The SMILES string of the molecule is N#CC#Cc1ccc(C(F)(F)F)cc1C#N. The number of nitriles is 2. The van der Waals surface area contributed by atoms with Gasteiger partial charge in [-0.25, -0.2) is 0 Å². The lowest BCUT2D eigenvalue weighted by Gasteiger charge is -2.06. The van der Waals surface area contributed by atoms with Crippen molar-refractivity contribution in [2.75, 3.05) is 0 Å². The van der Waals surface area contributed by atoms with Gasteiger partial charge in [-0.2, -0.15) is 23.7 Å². The summed E-state index contributed by atoms with van der Waals surface area (Å²) in [6, 6.07) is 5.73. The monoisotopic (exact) mass is 220 g/mol. The Morgan fingerprint density at radius 1 is 1.06 bits per heavy atom. The molecule has 0 aliphatic rings. The van der Waals surface area contributed by atoms with E-state index in [-0.39, 0.29) is 11.1 Å². The second kappa shape index (κ2) is 4.38. The van der Waals surface area contributed by atoms with Gasteiger partial charge in [0.05, 0.1) is 11.1 Å². The molecule has 0 bridgehead atoms. The Balaban J connectivity index is 3.31. The second-order valence-electron chi connectivity index (χ2n) is 2.73. The molecule has 0 atom stereocenters. The summed E-state index contributed by atoms with van der Waals surface area (Å²) in [6.07, 6.45) is -4.49.